The Labute approximate surface area is 272 Å². The molecule has 13 heteroatoms. The molecule has 1 heterocycles. The molecule has 0 fully saturated rings. The molecule has 0 saturated carbocycles. The van der Waals surface area contributed by atoms with Crippen LogP contribution >= 0.6 is 11.8 Å². The lowest BCUT2D eigenvalue weighted by molar-refractivity contribution is 0.0736. The number of anilines is 1. The number of rotatable bonds is 8. The van der Waals surface area contributed by atoms with E-state index in [1.807, 2.05) is 36.4 Å². The van der Waals surface area contributed by atoms with Crippen LogP contribution in [0.2, 0.25) is 0 Å². The molecule has 0 spiro atoms. The summed E-state index contributed by atoms with van der Waals surface area (Å²) in [6.07, 6.45) is -0.743. The molecule has 0 aliphatic rings. The Balaban J connectivity index is 1.20. The van der Waals surface area contributed by atoms with Crippen LogP contribution in [0.1, 0.15) is 26.3 Å². The third-order valence-corrected chi connectivity index (χ3v) is 8.13. The van der Waals surface area contributed by atoms with Crippen molar-refractivity contribution in [3.63, 3.8) is 0 Å². The maximum atomic E-state index is 13.5. The van der Waals surface area contributed by atoms with Crippen molar-refractivity contribution in [1.82, 2.24) is 20.2 Å². The molecule has 12 nitrogen and oxygen atoms in total. The normalized spacial score (nSPS) is 10.9. The number of hydrogen-bond donors (Lipinski definition) is 2. The van der Waals surface area contributed by atoms with Crippen molar-refractivity contribution in [2.75, 3.05) is 11.9 Å². The summed E-state index contributed by atoms with van der Waals surface area (Å²) < 4.78 is 13.0. The number of para-hydroxylation sites is 2. The Morgan fingerprint density at radius 2 is 1.53 bits per heavy atom. The molecule has 0 unspecified atom stereocenters. The number of aromatic nitrogens is 4. The predicted octanol–water partition coefficient (Wildman–Crippen LogP) is 5.93. The van der Waals surface area contributed by atoms with E-state index in [0.29, 0.717) is 21.9 Å². The average molecular weight is 647 g/mol. The summed E-state index contributed by atoms with van der Waals surface area (Å²) in [7, 11) is 1.47. The molecule has 0 bridgehead atoms. The Bertz CT molecular complexity index is 2150. The number of ether oxygens (including phenoxy) is 2. The van der Waals surface area contributed by atoms with Gasteiger partial charge in [-0.25, -0.2) is 9.59 Å². The first kappa shape index (κ1) is 30.8. The van der Waals surface area contributed by atoms with Crippen LogP contribution in [0.25, 0.3) is 16.5 Å². The largest absolute Gasteiger partial charge is 0.506 e. The highest BCUT2D eigenvalue weighted by molar-refractivity contribution is 7.99. The second-order valence-corrected chi connectivity index (χ2v) is 11.3. The summed E-state index contributed by atoms with van der Waals surface area (Å²) in [6, 6.07) is 29.0. The number of nitrogens with two attached hydrogens (primary N) is 1. The first-order chi connectivity index (χ1) is 22.7. The van der Waals surface area contributed by atoms with Gasteiger partial charge < -0.3 is 20.3 Å². The summed E-state index contributed by atoms with van der Waals surface area (Å²) in [4.78, 5) is 40.8. The number of benzene rings is 5. The molecule has 1 aromatic heterocycles. The number of fused-ring (bicyclic) bond motifs is 1. The molecule has 3 N–H and O–H groups in total. The van der Waals surface area contributed by atoms with Gasteiger partial charge in [0.05, 0.1) is 22.5 Å². The molecule has 6 aromatic rings. The molecule has 2 amide bonds. The fraction of sp³-hybridized carbons (Fsp3) is 0.0588. The van der Waals surface area contributed by atoms with Gasteiger partial charge in [-0.1, -0.05) is 54.6 Å². The highest BCUT2D eigenvalue weighted by Crippen LogP contribution is 2.37. The Hall–Kier alpha value is -6.21. The molecular formula is C34H26N6O6S. The second-order valence-electron chi connectivity index (χ2n) is 10.3. The first-order valence-electron chi connectivity index (χ1n) is 14.1. The zero-order valence-electron chi connectivity index (χ0n) is 25.0. The molecule has 0 aliphatic heterocycles. The molecule has 0 saturated heterocycles. The van der Waals surface area contributed by atoms with Gasteiger partial charge in [-0.2, -0.15) is 4.68 Å². The van der Waals surface area contributed by atoms with Crippen LogP contribution in [0.15, 0.2) is 113 Å². The number of carbonyl (C=O) groups is 3. The fourth-order valence-electron chi connectivity index (χ4n) is 4.83. The quantitative estimate of drug-likeness (QED) is 0.150. The van der Waals surface area contributed by atoms with E-state index in [0.717, 1.165) is 10.6 Å². The standard InChI is InChI=1S/C34H26N6O6S/c1-20-18-22(47-33-36-37-38-40(33)21-10-4-3-5-11-21)16-17-28(20)46-34(44)39(2)27-15-9-8-14-25(27)32(43)45-29-19-26(31(35)42)30(41)24-13-7-6-12-23(24)29/h3-19,41H,1-2H3,(H2,35,42). The van der Waals surface area contributed by atoms with E-state index in [-0.39, 0.29) is 33.7 Å². The Morgan fingerprint density at radius 3 is 2.28 bits per heavy atom. The van der Waals surface area contributed by atoms with Crippen molar-refractivity contribution in [2.45, 2.75) is 17.0 Å². The van der Waals surface area contributed by atoms with Crippen molar-refractivity contribution >= 4 is 46.2 Å². The number of tetrazole rings is 1. The van der Waals surface area contributed by atoms with E-state index < -0.39 is 18.0 Å². The average Bonchev–Trinajstić information content (AvgIpc) is 3.55. The third kappa shape index (κ3) is 6.32. The van der Waals surface area contributed by atoms with Crippen LogP contribution in [-0.2, 0) is 0 Å². The Morgan fingerprint density at radius 1 is 0.830 bits per heavy atom. The van der Waals surface area contributed by atoms with E-state index in [1.165, 1.54) is 35.8 Å². The number of aryl methyl sites for hydroxylation is 1. The van der Waals surface area contributed by atoms with E-state index in [9.17, 15) is 19.5 Å². The van der Waals surface area contributed by atoms with Crippen LogP contribution in [0.5, 0.6) is 17.2 Å². The predicted molar refractivity (Wildman–Crippen MR) is 174 cm³/mol. The zero-order valence-corrected chi connectivity index (χ0v) is 25.8. The van der Waals surface area contributed by atoms with E-state index in [4.69, 9.17) is 15.2 Å². The first-order valence-corrected chi connectivity index (χ1v) is 15.0. The second kappa shape index (κ2) is 13.0. The van der Waals surface area contributed by atoms with Crippen molar-refractivity contribution in [2.24, 2.45) is 5.73 Å². The molecule has 47 heavy (non-hydrogen) atoms. The molecule has 5 aromatic carbocycles. The number of amides is 2. The van der Waals surface area contributed by atoms with Gasteiger partial charge in [0.15, 0.2) is 0 Å². The van der Waals surface area contributed by atoms with Gasteiger partial charge in [0.2, 0.25) is 5.16 Å². The highest BCUT2D eigenvalue weighted by Gasteiger charge is 2.24. The van der Waals surface area contributed by atoms with Crippen LogP contribution in [0.4, 0.5) is 10.5 Å². The molecule has 0 aliphatic carbocycles. The number of hydrogen-bond acceptors (Lipinski definition) is 10. The van der Waals surface area contributed by atoms with Crippen molar-refractivity contribution in [1.29, 1.82) is 0 Å². The lowest BCUT2D eigenvalue weighted by atomic mass is 10.0. The zero-order chi connectivity index (χ0) is 33.1. The fourth-order valence-corrected chi connectivity index (χ4v) is 5.72. The number of phenols is 1. The summed E-state index contributed by atoms with van der Waals surface area (Å²) in [5.74, 6) is -1.66. The molecule has 0 atom stereocenters. The smallest absolute Gasteiger partial charge is 0.419 e. The SMILES string of the molecule is Cc1cc(Sc2nnnn2-c2ccccc2)ccc1OC(=O)N(C)c1ccccc1C(=O)Oc1cc(C(N)=O)c(O)c2ccccc12. The summed E-state index contributed by atoms with van der Waals surface area (Å²) in [5.41, 5.74) is 7.04. The van der Waals surface area contributed by atoms with Crippen molar-refractivity contribution in [3.8, 4) is 22.9 Å². The molecular weight excluding hydrogens is 620 g/mol. The van der Waals surface area contributed by atoms with Gasteiger partial charge >= 0.3 is 12.1 Å². The van der Waals surface area contributed by atoms with Gasteiger partial charge in [0, 0.05) is 22.7 Å². The van der Waals surface area contributed by atoms with Gasteiger partial charge in [0.1, 0.15) is 17.2 Å². The monoisotopic (exact) mass is 646 g/mol. The van der Waals surface area contributed by atoms with E-state index in [2.05, 4.69) is 15.5 Å². The molecule has 6 rings (SSSR count). The summed E-state index contributed by atoms with van der Waals surface area (Å²) in [6.45, 7) is 1.81. The van der Waals surface area contributed by atoms with Crippen LogP contribution in [0.3, 0.4) is 0 Å². The number of primary amides is 1. The van der Waals surface area contributed by atoms with Gasteiger partial charge in [-0.3, -0.25) is 9.69 Å². The number of carbonyl (C=O) groups excluding carboxylic acids is 3. The van der Waals surface area contributed by atoms with E-state index >= 15 is 0 Å². The number of esters is 1. The van der Waals surface area contributed by atoms with Crippen LogP contribution in [0, 0.1) is 6.92 Å². The van der Waals surface area contributed by atoms with E-state index in [1.54, 1.807) is 66.2 Å². The van der Waals surface area contributed by atoms with Crippen molar-refractivity contribution in [3.05, 3.63) is 120 Å². The summed E-state index contributed by atoms with van der Waals surface area (Å²) >= 11 is 1.36. The molecule has 0 radical (unpaired) electrons. The topological polar surface area (TPSA) is 163 Å². The minimum Gasteiger partial charge on any atom is -0.506 e. The minimum absolute atomic E-state index is 0.0172. The maximum Gasteiger partial charge on any atom is 0.419 e. The van der Waals surface area contributed by atoms with Crippen LogP contribution in [-0.4, -0.2) is 50.3 Å². The van der Waals surface area contributed by atoms with Crippen LogP contribution < -0.4 is 20.1 Å². The lowest BCUT2D eigenvalue weighted by Crippen LogP contribution is -2.31. The Kier molecular flexibility index (Phi) is 8.54. The highest BCUT2D eigenvalue weighted by atomic mass is 32.2. The number of nitrogens with zero attached hydrogens (tertiary/aromatic N) is 5. The number of aromatic hydroxyl groups is 1. The van der Waals surface area contributed by atoms with Crippen molar-refractivity contribution < 1.29 is 29.0 Å². The summed E-state index contributed by atoms with van der Waals surface area (Å²) in [5, 5.41) is 23.8. The lowest BCUT2D eigenvalue weighted by Gasteiger charge is -2.20. The van der Waals surface area contributed by atoms with Gasteiger partial charge in [-0.05, 0) is 83.2 Å². The van der Waals surface area contributed by atoms with Gasteiger partial charge in [0.25, 0.3) is 5.91 Å². The maximum absolute atomic E-state index is 13.5. The van der Waals surface area contributed by atoms with Gasteiger partial charge in [-0.15, -0.1) is 5.10 Å². The minimum atomic E-state index is -0.886. The molecule has 234 valence electrons. The third-order valence-electron chi connectivity index (χ3n) is 7.20.